The van der Waals surface area contributed by atoms with Crippen molar-refractivity contribution in [3.05, 3.63) is 84.0 Å². The zero-order chi connectivity index (χ0) is 28.7. The fourth-order valence-corrected chi connectivity index (χ4v) is 6.29. The van der Waals surface area contributed by atoms with Crippen LogP contribution in [-0.2, 0) is 10.0 Å². The first-order chi connectivity index (χ1) is 18.9. The predicted octanol–water partition coefficient (Wildman–Crippen LogP) is 5.57. The van der Waals surface area contributed by atoms with E-state index in [9.17, 15) is 21.6 Å². The van der Waals surface area contributed by atoms with Gasteiger partial charge in [-0.05, 0) is 66.1 Å². The number of nitrogens with zero attached hydrogens (tertiary/aromatic N) is 2. The van der Waals surface area contributed by atoms with Crippen LogP contribution in [0.2, 0.25) is 0 Å². The maximum absolute atomic E-state index is 13.8. The van der Waals surface area contributed by atoms with Crippen LogP contribution in [0, 0.1) is 6.92 Å². The minimum atomic E-state index is -4.80. The number of rotatable bonds is 8. The highest BCUT2D eigenvalue weighted by molar-refractivity contribution is 7.90. The van der Waals surface area contributed by atoms with Crippen LogP contribution in [0.4, 0.5) is 13.2 Å². The second-order valence-corrected chi connectivity index (χ2v) is 11.4. The van der Waals surface area contributed by atoms with E-state index in [2.05, 4.69) is 9.72 Å². The Balaban J connectivity index is 1.58. The molecule has 2 N–H and O–H groups in total. The van der Waals surface area contributed by atoms with E-state index in [0.29, 0.717) is 43.9 Å². The van der Waals surface area contributed by atoms with Gasteiger partial charge in [-0.3, -0.25) is 0 Å². The number of halogens is 3. The topological polar surface area (TPSA) is 111 Å². The van der Waals surface area contributed by atoms with Crippen molar-refractivity contribution in [2.45, 2.75) is 24.5 Å². The van der Waals surface area contributed by atoms with Crippen LogP contribution in [-0.4, -0.2) is 46.8 Å². The van der Waals surface area contributed by atoms with Crippen molar-refractivity contribution < 1.29 is 41.3 Å². The van der Waals surface area contributed by atoms with E-state index in [-0.39, 0.29) is 17.3 Å². The van der Waals surface area contributed by atoms with Gasteiger partial charge in [0.2, 0.25) is 0 Å². The number of hydrogen-bond acceptors (Lipinski definition) is 8. The van der Waals surface area contributed by atoms with Gasteiger partial charge in [0, 0.05) is 28.7 Å². The molecule has 2 aromatic heterocycles. The van der Waals surface area contributed by atoms with E-state index in [1.165, 1.54) is 60.0 Å². The smallest absolute Gasteiger partial charge is 0.488 e. The molecule has 0 spiro atoms. The molecule has 0 amide bonds. The molecular formula is C27H21F3N2O6S2. The zero-order valence-corrected chi connectivity index (χ0v) is 22.3. The Hall–Kier alpha value is -3.91. The molecule has 13 heteroatoms. The Bertz CT molecular complexity index is 1760. The van der Waals surface area contributed by atoms with Gasteiger partial charge in [-0.2, -0.15) is 0 Å². The number of aryl methyl sites for hydroxylation is 1. The molecule has 3 aromatic carbocycles. The molecule has 0 radical (unpaired) electrons. The van der Waals surface area contributed by atoms with Crippen LogP contribution >= 0.6 is 11.3 Å². The Morgan fingerprint density at radius 3 is 2.38 bits per heavy atom. The average Bonchev–Trinajstić information content (AvgIpc) is 3.55. The summed E-state index contributed by atoms with van der Waals surface area (Å²) in [7, 11) is -4.09. The SMILES string of the molecule is Cc1cc(S(=O)(=O)n2cc(-c3nccs3)c3cc(-c4ccc(OC(F)(F)F)cc4)ccc32)ccc1OCC(O)O. The molecule has 0 bridgehead atoms. The van der Waals surface area contributed by atoms with E-state index in [4.69, 9.17) is 14.9 Å². The molecule has 0 unspecified atom stereocenters. The van der Waals surface area contributed by atoms with Gasteiger partial charge in [-0.25, -0.2) is 17.4 Å². The van der Waals surface area contributed by atoms with Crippen molar-refractivity contribution in [1.82, 2.24) is 8.96 Å². The third kappa shape index (κ3) is 5.68. The summed E-state index contributed by atoms with van der Waals surface area (Å²) in [6, 6.07) is 14.7. The summed E-state index contributed by atoms with van der Waals surface area (Å²) in [6.45, 7) is 1.27. The molecule has 208 valence electrons. The highest BCUT2D eigenvalue weighted by Gasteiger charge is 2.31. The van der Waals surface area contributed by atoms with Crippen molar-refractivity contribution in [3.63, 3.8) is 0 Å². The van der Waals surface area contributed by atoms with E-state index in [1.807, 2.05) is 0 Å². The van der Waals surface area contributed by atoms with E-state index < -0.39 is 22.7 Å². The first-order valence-corrected chi connectivity index (χ1v) is 14.0. The average molecular weight is 591 g/mol. The molecule has 5 aromatic rings. The number of aromatic nitrogens is 2. The molecule has 0 atom stereocenters. The third-order valence-corrected chi connectivity index (χ3v) is 8.42. The summed E-state index contributed by atoms with van der Waals surface area (Å²) < 4.78 is 75.6. The van der Waals surface area contributed by atoms with Gasteiger partial charge in [0.1, 0.15) is 23.1 Å². The fraction of sp³-hybridized carbons (Fsp3) is 0.148. The predicted molar refractivity (Wildman–Crippen MR) is 143 cm³/mol. The molecule has 0 aliphatic heterocycles. The van der Waals surface area contributed by atoms with E-state index >= 15 is 0 Å². The van der Waals surface area contributed by atoms with Crippen LogP contribution < -0.4 is 9.47 Å². The summed E-state index contributed by atoms with van der Waals surface area (Å²) in [6.07, 6.45) is -3.38. The molecule has 8 nitrogen and oxygen atoms in total. The Kier molecular flexibility index (Phi) is 7.31. The molecule has 0 fully saturated rings. The van der Waals surface area contributed by atoms with Crippen molar-refractivity contribution in [2.75, 3.05) is 6.61 Å². The van der Waals surface area contributed by atoms with Gasteiger partial charge in [-0.15, -0.1) is 24.5 Å². The van der Waals surface area contributed by atoms with Crippen molar-refractivity contribution in [3.8, 4) is 33.2 Å². The molecule has 5 rings (SSSR count). The maximum Gasteiger partial charge on any atom is 0.573 e. The van der Waals surface area contributed by atoms with Crippen LogP contribution in [0.25, 0.3) is 32.6 Å². The minimum Gasteiger partial charge on any atom is -0.488 e. The monoisotopic (exact) mass is 590 g/mol. The molecule has 40 heavy (non-hydrogen) atoms. The largest absolute Gasteiger partial charge is 0.573 e. The lowest BCUT2D eigenvalue weighted by molar-refractivity contribution is -0.274. The number of benzene rings is 3. The lowest BCUT2D eigenvalue weighted by atomic mass is 10.0. The lowest BCUT2D eigenvalue weighted by Crippen LogP contribution is -2.17. The van der Waals surface area contributed by atoms with Crippen molar-refractivity contribution in [1.29, 1.82) is 0 Å². The Morgan fingerprint density at radius 1 is 1.02 bits per heavy atom. The van der Waals surface area contributed by atoms with Gasteiger partial charge in [0.25, 0.3) is 10.0 Å². The lowest BCUT2D eigenvalue weighted by Gasteiger charge is -2.13. The number of thiazole rings is 1. The van der Waals surface area contributed by atoms with Gasteiger partial charge in [0.05, 0.1) is 10.4 Å². The second kappa shape index (κ2) is 10.6. The zero-order valence-electron chi connectivity index (χ0n) is 20.7. The summed E-state index contributed by atoms with van der Waals surface area (Å²) in [5.41, 5.74) is 2.70. The van der Waals surface area contributed by atoms with E-state index in [0.717, 1.165) is 3.97 Å². The minimum absolute atomic E-state index is 0.00573. The number of fused-ring (bicyclic) bond motifs is 1. The second-order valence-electron chi connectivity index (χ2n) is 8.70. The molecule has 0 saturated heterocycles. The highest BCUT2D eigenvalue weighted by Crippen LogP contribution is 2.37. The Labute approximate surface area is 230 Å². The molecule has 2 heterocycles. The normalized spacial score (nSPS) is 12.3. The highest BCUT2D eigenvalue weighted by atomic mass is 32.2. The standard InChI is InChI=1S/C27H21F3N2O6S2/c1-16-12-20(7-9-24(16)37-15-25(33)34)40(35,36)32-14-22(26-31-10-11-39-26)21-13-18(4-8-23(21)32)17-2-5-19(6-3-17)38-27(28,29)30/h2-14,25,33-34H,15H2,1H3. The quantitative estimate of drug-likeness (QED) is 0.228. The molecular weight excluding hydrogens is 569 g/mol. The first kappa shape index (κ1) is 27.6. The van der Waals surface area contributed by atoms with Gasteiger partial charge in [0.15, 0.2) is 6.29 Å². The van der Waals surface area contributed by atoms with Gasteiger partial charge in [-0.1, -0.05) is 18.2 Å². The van der Waals surface area contributed by atoms with Crippen LogP contribution in [0.3, 0.4) is 0 Å². The Morgan fingerprint density at radius 2 is 1.75 bits per heavy atom. The first-order valence-electron chi connectivity index (χ1n) is 11.7. The number of ether oxygens (including phenoxy) is 2. The van der Waals surface area contributed by atoms with Crippen LogP contribution in [0.1, 0.15) is 5.56 Å². The van der Waals surface area contributed by atoms with Crippen molar-refractivity contribution in [2.24, 2.45) is 0 Å². The maximum atomic E-state index is 13.8. The van der Waals surface area contributed by atoms with Gasteiger partial charge >= 0.3 is 6.36 Å². The summed E-state index contributed by atoms with van der Waals surface area (Å²) in [4.78, 5) is 4.34. The molecule has 0 aliphatic rings. The number of hydrogen-bond donors (Lipinski definition) is 2. The van der Waals surface area contributed by atoms with Crippen molar-refractivity contribution >= 4 is 32.3 Å². The molecule has 0 saturated carbocycles. The summed E-state index contributed by atoms with van der Waals surface area (Å²) in [5, 5.41) is 21.0. The summed E-state index contributed by atoms with van der Waals surface area (Å²) >= 11 is 1.33. The van der Waals surface area contributed by atoms with Crippen LogP contribution in [0.15, 0.2) is 83.3 Å². The molecule has 0 aliphatic carbocycles. The number of aliphatic hydroxyl groups excluding tert-OH is 1. The summed E-state index contributed by atoms with van der Waals surface area (Å²) in [5.74, 6) is -0.0403. The van der Waals surface area contributed by atoms with E-state index in [1.54, 1.807) is 36.7 Å². The fourth-order valence-electron chi connectivity index (χ4n) is 4.18. The number of aliphatic hydroxyl groups is 2. The third-order valence-electron chi connectivity index (χ3n) is 5.95. The van der Waals surface area contributed by atoms with Crippen LogP contribution in [0.5, 0.6) is 11.5 Å². The number of alkyl halides is 3. The van der Waals surface area contributed by atoms with Gasteiger partial charge < -0.3 is 19.7 Å².